The summed E-state index contributed by atoms with van der Waals surface area (Å²) in [5, 5.41) is 14.3. The molecule has 0 spiro atoms. The summed E-state index contributed by atoms with van der Waals surface area (Å²) >= 11 is 0. The molecule has 0 saturated carbocycles. The fourth-order valence-corrected chi connectivity index (χ4v) is 3.88. The lowest BCUT2D eigenvalue weighted by molar-refractivity contribution is 0.372. The summed E-state index contributed by atoms with van der Waals surface area (Å²) in [5.41, 5.74) is 0.921. The van der Waals surface area contributed by atoms with Crippen molar-refractivity contribution >= 4 is 10.0 Å². The van der Waals surface area contributed by atoms with E-state index in [0.717, 1.165) is 0 Å². The van der Waals surface area contributed by atoms with E-state index in [0.29, 0.717) is 23.7 Å². The zero-order valence-corrected chi connectivity index (χ0v) is 14.2. The number of sulfonamides is 1. The average molecular weight is 327 g/mol. The Balaban J connectivity index is 2.34. The van der Waals surface area contributed by atoms with Crippen LogP contribution < -0.4 is 4.72 Å². The van der Waals surface area contributed by atoms with Gasteiger partial charge in [0.1, 0.15) is 10.9 Å². The van der Waals surface area contributed by atoms with Crippen LogP contribution in [0.15, 0.2) is 9.31 Å². The molecule has 8 nitrogen and oxygen atoms in total. The molecule has 9 heteroatoms. The molecule has 2 rings (SSSR count). The highest BCUT2D eigenvalue weighted by Crippen LogP contribution is 2.24. The first-order valence-corrected chi connectivity index (χ1v) is 8.53. The zero-order valence-electron chi connectivity index (χ0n) is 13.3. The van der Waals surface area contributed by atoms with Crippen LogP contribution in [0.4, 0.5) is 0 Å². The van der Waals surface area contributed by atoms with E-state index in [1.165, 1.54) is 0 Å². The molecule has 0 aliphatic carbocycles. The molecule has 0 amide bonds. The zero-order chi connectivity index (χ0) is 16.5. The number of H-pyrrole nitrogens is 1. The molecule has 1 unspecified atom stereocenters. The predicted octanol–water partition coefficient (Wildman–Crippen LogP) is 1.78. The van der Waals surface area contributed by atoms with Crippen molar-refractivity contribution in [2.45, 2.75) is 52.0 Å². The molecule has 0 fully saturated rings. The number of aryl methyl sites for hydroxylation is 3. The molecule has 0 saturated heterocycles. The highest BCUT2D eigenvalue weighted by Gasteiger charge is 2.29. The van der Waals surface area contributed by atoms with Gasteiger partial charge in [0.25, 0.3) is 0 Å². The fourth-order valence-electron chi connectivity index (χ4n) is 2.31. The van der Waals surface area contributed by atoms with Gasteiger partial charge < -0.3 is 4.42 Å². The molecule has 22 heavy (non-hydrogen) atoms. The SMILES string of the molecule is Cc1nnc(C(CC(C)C)NS(=O)(=O)c2c(C)n[nH]c2C)o1. The third kappa shape index (κ3) is 3.53. The maximum absolute atomic E-state index is 12.6. The molecule has 0 aliphatic rings. The Morgan fingerprint density at radius 2 is 1.91 bits per heavy atom. The van der Waals surface area contributed by atoms with Crippen LogP contribution in [0, 0.1) is 26.7 Å². The quantitative estimate of drug-likeness (QED) is 0.836. The summed E-state index contributed by atoms with van der Waals surface area (Å²) in [5.74, 6) is 0.929. The number of nitrogens with zero attached hydrogens (tertiary/aromatic N) is 3. The van der Waals surface area contributed by atoms with Gasteiger partial charge in [-0.1, -0.05) is 13.8 Å². The van der Waals surface area contributed by atoms with Crippen LogP contribution >= 0.6 is 0 Å². The summed E-state index contributed by atoms with van der Waals surface area (Å²) < 4.78 is 33.3. The summed E-state index contributed by atoms with van der Waals surface area (Å²) in [6.07, 6.45) is 0.552. The Kier molecular flexibility index (Phi) is 4.66. The number of hydrogen-bond donors (Lipinski definition) is 2. The van der Waals surface area contributed by atoms with Crippen LogP contribution in [0.2, 0.25) is 0 Å². The molecular formula is C13H21N5O3S. The lowest BCUT2D eigenvalue weighted by Crippen LogP contribution is -2.30. The first-order valence-electron chi connectivity index (χ1n) is 7.04. The Morgan fingerprint density at radius 3 is 2.36 bits per heavy atom. The van der Waals surface area contributed by atoms with Gasteiger partial charge in [0.05, 0.1) is 11.4 Å². The monoisotopic (exact) mass is 327 g/mol. The van der Waals surface area contributed by atoms with E-state index in [4.69, 9.17) is 4.42 Å². The van der Waals surface area contributed by atoms with Crippen LogP contribution in [0.1, 0.15) is 49.5 Å². The number of rotatable bonds is 6. The molecule has 0 aliphatic heterocycles. The van der Waals surface area contributed by atoms with Gasteiger partial charge in [-0.15, -0.1) is 10.2 Å². The van der Waals surface area contributed by atoms with Crippen molar-refractivity contribution in [3.63, 3.8) is 0 Å². The Hall–Kier alpha value is -1.74. The van der Waals surface area contributed by atoms with Gasteiger partial charge >= 0.3 is 0 Å². The summed E-state index contributed by atoms with van der Waals surface area (Å²) in [6, 6.07) is -0.570. The van der Waals surface area contributed by atoms with Crippen LogP contribution in [-0.2, 0) is 10.0 Å². The first-order chi connectivity index (χ1) is 10.2. The van der Waals surface area contributed by atoms with E-state index in [1.807, 2.05) is 13.8 Å². The molecule has 2 aromatic rings. The van der Waals surface area contributed by atoms with Crippen LogP contribution in [0.5, 0.6) is 0 Å². The largest absolute Gasteiger partial charge is 0.424 e. The molecular weight excluding hydrogens is 306 g/mol. The van der Waals surface area contributed by atoms with E-state index in [1.54, 1.807) is 20.8 Å². The lowest BCUT2D eigenvalue weighted by atomic mass is 10.0. The van der Waals surface area contributed by atoms with Gasteiger partial charge in [0, 0.05) is 6.92 Å². The average Bonchev–Trinajstić information content (AvgIpc) is 2.94. The van der Waals surface area contributed by atoms with Gasteiger partial charge in [0.2, 0.25) is 21.8 Å². The van der Waals surface area contributed by atoms with Crippen molar-refractivity contribution < 1.29 is 12.8 Å². The van der Waals surface area contributed by atoms with Crippen LogP contribution in [-0.4, -0.2) is 28.8 Å². The first kappa shape index (κ1) is 16.6. The highest BCUT2D eigenvalue weighted by molar-refractivity contribution is 7.89. The van der Waals surface area contributed by atoms with Crippen molar-refractivity contribution in [2.75, 3.05) is 0 Å². The maximum Gasteiger partial charge on any atom is 0.244 e. The minimum absolute atomic E-state index is 0.164. The maximum atomic E-state index is 12.6. The molecule has 2 heterocycles. The van der Waals surface area contributed by atoms with Gasteiger partial charge in [-0.05, 0) is 26.2 Å². The third-order valence-electron chi connectivity index (χ3n) is 3.17. The standard InChI is InChI=1S/C13H21N5O3S/c1-7(2)6-11(13-17-16-10(5)21-13)18-22(19,20)12-8(3)14-15-9(12)4/h7,11,18H,6H2,1-5H3,(H,14,15). The smallest absolute Gasteiger partial charge is 0.244 e. The van der Waals surface area contributed by atoms with Crippen LogP contribution in [0.3, 0.4) is 0 Å². The van der Waals surface area contributed by atoms with Gasteiger partial charge in [-0.3, -0.25) is 5.10 Å². The van der Waals surface area contributed by atoms with Crippen molar-refractivity contribution in [3.05, 3.63) is 23.2 Å². The molecule has 1 atom stereocenters. The topological polar surface area (TPSA) is 114 Å². The minimum atomic E-state index is -3.73. The minimum Gasteiger partial charge on any atom is -0.424 e. The number of hydrogen-bond acceptors (Lipinski definition) is 6. The van der Waals surface area contributed by atoms with Crippen molar-refractivity contribution in [1.29, 1.82) is 0 Å². The lowest BCUT2D eigenvalue weighted by Gasteiger charge is -2.17. The van der Waals surface area contributed by atoms with E-state index in [2.05, 4.69) is 25.1 Å². The van der Waals surface area contributed by atoms with Crippen molar-refractivity contribution in [1.82, 2.24) is 25.1 Å². The van der Waals surface area contributed by atoms with Crippen molar-refractivity contribution in [2.24, 2.45) is 5.92 Å². The predicted molar refractivity (Wildman–Crippen MR) is 79.6 cm³/mol. The second kappa shape index (κ2) is 6.17. The van der Waals surface area contributed by atoms with Gasteiger partial charge in [-0.25, -0.2) is 8.42 Å². The molecule has 2 aromatic heterocycles. The second-order valence-electron chi connectivity index (χ2n) is 5.73. The fraction of sp³-hybridized carbons (Fsp3) is 0.615. The number of aromatic nitrogens is 4. The third-order valence-corrected chi connectivity index (χ3v) is 4.91. The van der Waals surface area contributed by atoms with E-state index in [-0.39, 0.29) is 16.7 Å². The molecule has 122 valence electrons. The van der Waals surface area contributed by atoms with Crippen LogP contribution in [0.25, 0.3) is 0 Å². The molecule has 0 bridgehead atoms. The second-order valence-corrected chi connectivity index (χ2v) is 7.38. The highest BCUT2D eigenvalue weighted by atomic mass is 32.2. The Bertz CT molecular complexity index is 728. The summed E-state index contributed by atoms with van der Waals surface area (Å²) in [4.78, 5) is 0.164. The van der Waals surface area contributed by atoms with Gasteiger partial charge in [-0.2, -0.15) is 9.82 Å². The normalized spacial score (nSPS) is 13.7. The molecule has 0 radical (unpaired) electrons. The molecule has 2 N–H and O–H groups in total. The van der Waals surface area contributed by atoms with E-state index >= 15 is 0 Å². The van der Waals surface area contributed by atoms with Crippen molar-refractivity contribution in [3.8, 4) is 0 Å². The summed E-state index contributed by atoms with van der Waals surface area (Å²) in [6.45, 7) is 8.98. The van der Waals surface area contributed by atoms with E-state index < -0.39 is 16.1 Å². The van der Waals surface area contributed by atoms with E-state index in [9.17, 15) is 8.42 Å². The molecule has 0 aromatic carbocycles. The number of nitrogens with one attached hydrogen (secondary N) is 2. The summed E-state index contributed by atoms with van der Waals surface area (Å²) in [7, 11) is -3.73. The number of aromatic amines is 1. The Labute approximate surface area is 129 Å². The van der Waals surface area contributed by atoms with Gasteiger partial charge in [0.15, 0.2) is 0 Å². The Morgan fingerprint density at radius 1 is 1.23 bits per heavy atom.